The van der Waals surface area contributed by atoms with Crippen LogP contribution >= 0.6 is 0 Å². The topological polar surface area (TPSA) is 55.1 Å². The van der Waals surface area contributed by atoms with Gasteiger partial charge in [-0.15, -0.1) is 0 Å². The fourth-order valence-electron chi connectivity index (χ4n) is 4.20. The van der Waals surface area contributed by atoms with Crippen molar-refractivity contribution in [3.05, 3.63) is 52.1 Å². The Kier molecular flexibility index (Phi) is 4.57. The number of hydrogen-bond donors (Lipinski definition) is 1. The number of rotatable bonds is 3. The fraction of sp³-hybridized carbons (Fsp3) is 0.478. The van der Waals surface area contributed by atoms with Crippen LogP contribution in [0.1, 0.15) is 86.0 Å². The molecule has 1 heterocycles. The third-order valence-corrected chi connectivity index (χ3v) is 6.07. The maximum Gasteiger partial charge on any atom is 0.372 e. The number of imidazole rings is 1. The summed E-state index contributed by atoms with van der Waals surface area (Å²) in [5, 5.41) is 9.21. The van der Waals surface area contributed by atoms with Crippen molar-refractivity contribution in [3.8, 4) is 0 Å². The van der Waals surface area contributed by atoms with Crippen LogP contribution in [0.25, 0.3) is 11.6 Å². The average Bonchev–Trinajstić information content (AvgIpc) is 2.92. The number of benzene rings is 1. The van der Waals surface area contributed by atoms with Crippen LogP contribution in [-0.2, 0) is 17.9 Å². The molecule has 1 aromatic carbocycles. The predicted molar refractivity (Wildman–Crippen MR) is 110 cm³/mol. The van der Waals surface area contributed by atoms with E-state index in [1.807, 2.05) is 6.08 Å². The van der Waals surface area contributed by atoms with Crippen molar-refractivity contribution < 1.29 is 9.90 Å². The zero-order valence-electron chi connectivity index (χ0n) is 17.5. The zero-order valence-corrected chi connectivity index (χ0v) is 17.5. The summed E-state index contributed by atoms with van der Waals surface area (Å²) in [7, 11) is 1.71. The van der Waals surface area contributed by atoms with E-state index >= 15 is 0 Å². The number of allylic oxidation sites excluding steroid dienone is 1. The van der Waals surface area contributed by atoms with E-state index < -0.39 is 5.97 Å². The first-order valence-electron chi connectivity index (χ1n) is 9.53. The summed E-state index contributed by atoms with van der Waals surface area (Å²) < 4.78 is 1.55. The largest absolute Gasteiger partial charge is 0.475 e. The van der Waals surface area contributed by atoms with Gasteiger partial charge < -0.3 is 9.67 Å². The molecular weight excluding hydrogens is 336 g/mol. The molecule has 4 heteroatoms. The van der Waals surface area contributed by atoms with Gasteiger partial charge in [-0.25, -0.2) is 9.78 Å². The first-order chi connectivity index (χ1) is 12.4. The van der Waals surface area contributed by atoms with Gasteiger partial charge in [0, 0.05) is 13.2 Å². The Morgan fingerprint density at radius 3 is 2.22 bits per heavy atom. The van der Waals surface area contributed by atoms with Crippen LogP contribution in [0.3, 0.4) is 0 Å². The zero-order chi connectivity index (χ0) is 20.1. The second kappa shape index (κ2) is 6.36. The molecule has 0 bridgehead atoms. The van der Waals surface area contributed by atoms with Crippen LogP contribution < -0.4 is 0 Å². The second-order valence-corrected chi connectivity index (χ2v) is 9.21. The molecule has 0 atom stereocenters. The Labute approximate surface area is 161 Å². The van der Waals surface area contributed by atoms with Gasteiger partial charge in [-0.1, -0.05) is 39.8 Å². The number of carboxylic acids is 1. The van der Waals surface area contributed by atoms with E-state index in [9.17, 15) is 9.90 Å². The van der Waals surface area contributed by atoms with Crippen molar-refractivity contribution in [3.63, 3.8) is 0 Å². The molecule has 0 saturated heterocycles. The van der Waals surface area contributed by atoms with Gasteiger partial charge in [-0.2, -0.15) is 0 Å². The van der Waals surface area contributed by atoms with Gasteiger partial charge in [0.05, 0.1) is 5.69 Å². The average molecular weight is 367 g/mol. The molecule has 0 spiro atoms. The SMILES string of the molecule is CC(=Cc1cn(C)c(C(=O)O)n1)c1cc2c(cc1C)C(C)(C)CCC2(C)C. The Morgan fingerprint density at radius 1 is 1.15 bits per heavy atom. The van der Waals surface area contributed by atoms with E-state index in [1.165, 1.54) is 35.1 Å². The second-order valence-electron chi connectivity index (χ2n) is 9.21. The molecule has 2 aromatic rings. The van der Waals surface area contributed by atoms with Gasteiger partial charge >= 0.3 is 5.97 Å². The molecule has 0 fully saturated rings. The van der Waals surface area contributed by atoms with E-state index in [1.54, 1.807) is 17.8 Å². The molecule has 3 rings (SSSR count). The lowest BCUT2D eigenvalue weighted by molar-refractivity contribution is 0.0679. The van der Waals surface area contributed by atoms with Crippen LogP contribution in [-0.4, -0.2) is 20.6 Å². The summed E-state index contributed by atoms with van der Waals surface area (Å²) in [5.41, 5.74) is 7.48. The van der Waals surface area contributed by atoms with Crippen LogP contribution in [0.4, 0.5) is 0 Å². The molecule has 0 saturated carbocycles. The summed E-state index contributed by atoms with van der Waals surface area (Å²) in [6, 6.07) is 4.70. The van der Waals surface area contributed by atoms with E-state index in [0.717, 1.165) is 5.57 Å². The molecule has 4 nitrogen and oxygen atoms in total. The molecule has 0 aliphatic heterocycles. The van der Waals surface area contributed by atoms with Gasteiger partial charge in [-0.3, -0.25) is 0 Å². The molecule has 0 unspecified atom stereocenters. The Hall–Kier alpha value is -2.36. The summed E-state index contributed by atoms with van der Waals surface area (Å²) in [4.78, 5) is 15.5. The summed E-state index contributed by atoms with van der Waals surface area (Å²) in [6.45, 7) is 13.6. The number of carbonyl (C=O) groups is 1. The molecule has 144 valence electrons. The summed E-state index contributed by atoms with van der Waals surface area (Å²) in [5.74, 6) is -0.956. The molecule has 1 aliphatic carbocycles. The Morgan fingerprint density at radius 2 is 1.70 bits per heavy atom. The molecule has 0 radical (unpaired) electrons. The first-order valence-corrected chi connectivity index (χ1v) is 9.53. The lowest BCUT2D eigenvalue weighted by Crippen LogP contribution is -2.34. The van der Waals surface area contributed by atoms with Gasteiger partial charge in [0.2, 0.25) is 5.82 Å². The maximum atomic E-state index is 11.2. The van der Waals surface area contributed by atoms with E-state index in [2.05, 4.69) is 58.7 Å². The predicted octanol–water partition coefficient (Wildman–Crippen LogP) is 5.34. The highest BCUT2D eigenvalue weighted by Gasteiger charge is 2.37. The quantitative estimate of drug-likeness (QED) is 0.798. The summed E-state index contributed by atoms with van der Waals surface area (Å²) in [6.07, 6.45) is 6.11. The van der Waals surface area contributed by atoms with Crippen molar-refractivity contribution in [2.75, 3.05) is 0 Å². The minimum atomic E-state index is -1.01. The number of fused-ring (bicyclic) bond motifs is 1. The van der Waals surface area contributed by atoms with Gasteiger partial charge in [-0.05, 0) is 71.4 Å². The third-order valence-electron chi connectivity index (χ3n) is 6.07. The van der Waals surface area contributed by atoms with Crippen molar-refractivity contribution in [1.82, 2.24) is 9.55 Å². The van der Waals surface area contributed by atoms with E-state index in [4.69, 9.17) is 0 Å². The summed E-state index contributed by atoms with van der Waals surface area (Å²) >= 11 is 0. The number of nitrogens with zero attached hydrogens (tertiary/aromatic N) is 2. The van der Waals surface area contributed by atoms with Gasteiger partial charge in [0.1, 0.15) is 0 Å². The lowest BCUT2D eigenvalue weighted by Gasteiger charge is -2.42. The highest BCUT2D eigenvalue weighted by atomic mass is 16.4. The fourth-order valence-corrected chi connectivity index (χ4v) is 4.20. The Bertz CT molecular complexity index is 946. The molecular formula is C23H30N2O2. The van der Waals surface area contributed by atoms with Crippen molar-refractivity contribution >= 4 is 17.6 Å². The maximum absolute atomic E-state index is 11.2. The monoisotopic (exact) mass is 366 g/mol. The Balaban J connectivity index is 2.10. The van der Waals surface area contributed by atoms with Crippen LogP contribution in [0.5, 0.6) is 0 Å². The number of aromatic nitrogens is 2. The number of hydrogen-bond acceptors (Lipinski definition) is 2. The van der Waals surface area contributed by atoms with Crippen molar-refractivity contribution in [1.29, 1.82) is 0 Å². The highest BCUT2D eigenvalue weighted by Crippen LogP contribution is 2.47. The molecule has 1 aromatic heterocycles. The normalized spacial score (nSPS) is 18.3. The van der Waals surface area contributed by atoms with Crippen LogP contribution in [0.2, 0.25) is 0 Å². The standard InChI is InChI=1S/C23H30N2O2/c1-14(10-16-13-25(7)20(24-16)21(26)27)17-12-19-18(11-15(17)2)22(3,4)8-9-23(19,5)6/h10-13H,8-9H2,1-7H3,(H,26,27). The van der Waals surface area contributed by atoms with Crippen LogP contribution in [0.15, 0.2) is 18.3 Å². The minimum Gasteiger partial charge on any atom is -0.475 e. The number of aryl methyl sites for hydroxylation is 2. The first kappa shape index (κ1) is 19.4. The highest BCUT2D eigenvalue weighted by molar-refractivity contribution is 5.86. The molecule has 1 N–H and O–H groups in total. The minimum absolute atomic E-state index is 0.0547. The lowest BCUT2D eigenvalue weighted by atomic mass is 9.62. The number of aromatic carboxylic acids is 1. The molecule has 0 amide bonds. The smallest absolute Gasteiger partial charge is 0.372 e. The third kappa shape index (κ3) is 3.45. The van der Waals surface area contributed by atoms with Crippen LogP contribution in [0, 0.1) is 6.92 Å². The van der Waals surface area contributed by atoms with E-state index in [-0.39, 0.29) is 16.7 Å². The van der Waals surface area contributed by atoms with E-state index in [0.29, 0.717) is 5.69 Å². The molecule has 27 heavy (non-hydrogen) atoms. The van der Waals surface area contributed by atoms with Crippen molar-refractivity contribution in [2.45, 2.75) is 65.2 Å². The van der Waals surface area contributed by atoms with Crippen molar-refractivity contribution in [2.24, 2.45) is 7.05 Å². The van der Waals surface area contributed by atoms with Gasteiger partial charge in [0.25, 0.3) is 0 Å². The molecule has 1 aliphatic rings. The van der Waals surface area contributed by atoms with Gasteiger partial charge in [0.15, 0.2) is 0 Å². The number of carboxylic acid groups (broad SMARTS) is 1.